The van der Waals surface area contributed by atoms with Crippen molar-refractivity contribution >= 4 is 5.69 Å². The van der Waals surface area contributed by atoms with Crippen molar-refractivity contribution in [3.8, 4) is 0 Å². The van der Waals surface area contributed by atoms with Gasteiger partial charge in [-0.1, -0.05) is 34.1 Å². The second-order valence-corrected chi connectivity index (χ2v) is 4.42. The van der Waals surface area contributed by atoms with Gasteiger partial charge in [-0.15, -0.1) is 0 Å². The van der Waals surface area contributed by atoms with E-state index < -0.39 is 0 Å². The lowest BCUT2D eigenvalue weighted by Crippen LogP contribution is -2.59. The molecule has 1 aliphatic carbocycles. The number of hydrogen-bond acceptors (Lipinski definition) is 2. The third-order valence-corrected chi connectivity index (χ3v) is 3.49. The zero-order valence-corrected chi connectivity index (χ0v) is 11.7. The summed E-state index contributed by atoms with van der Waals surface area (Å²) < 4.78 is 0. The molecular weight excluding hydrogens is 208 g/mol. The SMILES string of the molecule is CC.CC.c1cc(N2CC3(CCC3)C2)ccn1. The molecule has 1 spiro atoms. The van der Waals surface area contributed by atoms with Crippen LogP contribution in [0, 0.1) is 5.41 Å². The van der Waals surface area contributed by atoms with Crippen LogP contribution in [0.15, 0.2) is 24.5 Å². The Bertz CT molecular complexity index is 296. The van der Waals surface area contributed by atoms with E-state index >= 15 is 0 Å². The molecule has 2 aliphatic rings. The Labute approximate surface area is 106 Å². The summed E-state index contributed by atoms with van der Waals surface area (Å²) in [6.07, 6.45) is 8.11. The fourth-order valence-electron chi connectivity index (χ4n) is 2.49. The lowest BCUT2D eigenvalue weighted by Gasteiger charge is -2.57. The minimum atomic E-state index is 0.725. The molecule has 2 heteroatoms. The van der Waals surface area contributed by atoms with Gasteiger partial charge in [0.2, 0.25) is 0 Å². The van der Waals surface area contributed by atoms with E-state index in [-0.39, 0.29) is 0 Å². The van der Waals surface area contributed by atoms with Crippen LogP contribution in [-0.2, 0) is 0 Å². The molecule has 0 aromatic carbocycles. The number of aromatic nitrogens is 1. The average molecular weight is 234 g/mol. The Morgan fingerprint density at radius 1 is 1.00 bits per heavy atom. The van der Waals surface area contributed by atoms with Crippen LogP contribution in [0.5, 0.6) is 0 Å². The van der Waals surface area contributed by atoms with Gasteiger partial charge in [-0.25, -0.2) is 0 Å². The van der Waals surface area contributed by atoms with Crippen LogP contribution in [-0.4, -0.2) is 18.1 Å². The Morgan fingerprint density at radius 2 is 1.53 bits per heavy atom. The van der Waals surface area contributed by atoms with Crippen molar-refractivity contribution in [1.29, 1.82) is 0 Å². The Morgan fingerprint density at radius 3 is 1.94 bits per heavy atom. The first-order valence-electron chi connectivity index (χ1n) is 7.03. The molecular formula is C15H26N2. The van der Waals surface area contributed by atoms with Crippen LogP contribution in [0.1, 0.15) is 47.0 Å². The van der Waals surface area contributed by atoms with Gasteiger partial charge < -0.3 is 4.90 Å². The number of nitrogens with zero attached hydrogens (tertiary/aromatic N) is 2. The monoisotopic (exact) mass is 234 g/mol. The van der Waals surface area contributed by atoms with Crippen LogP contribution in [0.4, 0.5) is 5.69 Å². The molecule has 0 radical (unpaired) electrons. The molecule has 0 bridgehead atoms. The van der Waals surface area contributed by atoms with Gasteiger partial charge in [0.05, 0.1) is 0 Å². The van der Waals surface area contributed by atoms with E-state index in [0.717, 1.165) is 5.41 Å². The normalized spacial score (nSPS) is 18.9. The Kier molecular flexibility index (Phi) is 5.46. The summed E-state index contributed by atoms with van der Waals surface area (Å²) in [5, 5.41) is 0. The third kappa shape index (κ3) is 2.99. The second-order valence-electron chi connectivity index (χ2n) is 4.42. The van der Waals surface area contributed by atoms with Crippen molar-refractivity contribution < 1.29 is 0 Å². The maximum Gasteiger partial charge on any atom is 0.0397 e. The van der Waals surface area contributed by atoms with Gasteiger partial charge in [-0.05, 0) is 25.0 Å². The minimum Gasteiger partial charge on any atom is -0.370 e. The maximum atomic E-state index is 4.03. The van der Waals surface area contributed by atoms with E-state index in [1.807, 2.05) is 40.1 Å². The fourth-order valence-corrected chi connectivity index (χ4v) is 2.49. The topological polar surface area (TPSA) is 16.1 Å². The standard InChI is InChI=1S/C11H14N2.2C2H6/c1-4-11(5-1)8-13(9-11)10-2-6-12-7-3-10;2*1-2/h2-3,6-7H,1,4-5,8-9H2;2*1-2H3. The molecule has 1 aliphatic heterocycles. The van der Waals surface area contributed by atoms with E-state index in [4.69, 9.17) is 0 Å². The van der Waals surface area contributed by atoms with Gasteiger partial charge in [-0.2, -0.15) is 0 Å². The summed E-state index contributed by atoms with van der Waals surface area (Å²) in [7, 11) is 0. The molecule has 2 heterocycles. The highest BCUT2D eigenvalue weighted by Crippen LogP contribution is 2.49. The molecule has 0 unspecified atom stereocenters. The fraction of sp³-hybridized carbons (Fsp3) is 0.667. The first-order chi connectivity index (χ1) is 8.38. The van der Waals surface area contributed by atoms with E-state index in [1.54, 1.807) is 0 Å². The Hall–Kier alpha value is -1.05. The molecule has 0 N–H and O–H groups in total. The average Bonchev–Trinajstić information content (AvgIpc) is 2.32. The van der Waals surface area contributed by atoms with Crippen molar-refractivity contribution in [2.45, 2.75) is 47.0 Å². The van der Waals surface area contributed by atoms with Gasteiger partial charge in [0.15, 0.2) is 0 Å². The molecule has 3 rings (SSSR count). The van der Waals surface area contributed by atoms with E-state index in [2.05, 4.69) is 22.0 Å². The lowest BCUT2D eigenvalue weighted by molar-refractivity contribution is 0.0904. The molecule has 1 saturated heterocycles. The molecule has 96 valence electrons. The zero-order valence-electron chi connectivity index (χ0n) is 11.7. The van der Waals surface area contributed by atoms with Crippen LogP contribution in [0.2, 0.25) is 0 Å². The van der Waals surface area contributed by atoms with Crippen LogP contribution in [0.3, 0.4) is 0 Å². The number of anilines is 1. The summed E-state index contributed by atoms with van der Waals surface area (Å²) in [5.74, 6) is 0. The molecule has 2 nitrogen and oxygen atoms in total. The highest BCUT2D eigenvalue weighted by atomic mass is 15.2. The highest BCUT2D eigenvalue weighted by Gasteiger charge is 2.47. The van der Waals surface area contributed by atoms with Gasteiger partial charge in [0.25, 0.3) is 0 Å². The molecule has 2 fully saturated rings. The van der Waals surface area contributed by atoms with Crippen molar-refractivity contribution in [3.05, 3.63) is 24.5 Å². The first-order valence-corrected chi connectivity index (χ1v) is 7.03. The predicted molar refractivity (Wildman–Crippen MR) is 75.4 cm³/mol. The summed E-state index contributed by atoms with van der Waals surface area (Å²) in [6, 6.07) is 4.21. The van der Waals surface area contributed by atoms with Gasteiger partial charge in [0.1, 0.15) is 0 Å². The first kappa shape index (κ1) is 14.0. The maximum absolute atomic E-state index is 4.03. The zero-order chi connectivity index (χ0) is 12.7. The molecule has 1 aromatic heterocycles. The van der Waals surface area contributed by atoms with Crippen LogP contribution >= 0.6 is 0 Å². The van der Waals surface area contributed by atoms with Crippen LogP contribution < -0.4 is 4.90 Å². The van der Waals surface area contributed by atoms with Crippen molar-refractivity contribution in [2.24, 2.45) is 5.41 Å². The number of hydrogen-bond donors (Lipinski definition) is 0. The minimum absolute atomic E-state index is 0.725. The molecule has 0 atom stereocenters. The largest absolute Gasteiger partial charge is 0.370 e. The van der Waals surface area contributed by atoms with Crippen LogP contribution in [0.25, 0.3) is 0 Å². The van der Waals surface area contributed by atoms with Gasteiger partial charge >= 0.3 is 0 Å². The van der Waals surface area contributed by atoms with Crippen molar-refractivity contribution in [1.82, 2.24) is 4.98 Å². The van der Waals surface area contributed by atoms with Crippen molar-refractivity contribution in [3.63, 3.8) is 0 Å². The van der Waals surface area contributed by atoms with E-state index in [1.165, 1.54) is 38.0 Å². The third-order valence-electron chi connectivity index (χ3n) is 3.49. The Balaban J connectivity index is 0.000000330. The predicted octanol–water partition coefficient (Wildman–Crippen LogP) is 4.12. The molecule has 17 heavy (non-hydrogen) atoms. The number of pyridine rings is 1. The van der Waals surface area contributed by atoms with Gasteiger partial charge in [0, 0.05) is 36.6 Å². The quantitative estimate of drug-likeness (QED) is 0.726. The summed E-state index contributed by atoms with van der Waals surface area (Å²) in [5.41, 5.74) is 2.07. The van der Waals surface area contributed by atoms with Crippen molar-refractivity contribution in [2.75, 3.05) is 18.0 Å². The smallest absolute Gasteiger partial charge is 0.0397 e. The summed E-state index contributed by atoms with van der Waals surface area (Å²) in [6.45, 7) is 10.5. The van der Waals surface area contributed by atoms with E-state index in [9.17, 15) is 0 Å². The molecule has 0 amide bonds. The molecule has 1 saturated carbocycles. The molecule has 1 aromatic rings. The number of rotatable bonds is 1. The lowest BCUT2D eigenvalue weighted by atomic mass is 9.63. The highest BCUT2D eigenvalue weighted by molar-refractivity contribution is 5.48. The second kappa shape index (κ2) is 6.63. The summed E-state index contributed by atoms with van der Waals surface area (Å²) >= 11 is 0. The van der Waals surface area contributed by atoms with E-state index in [0.29, 0.717) is 0 Å². The van der Waals surface area contributed by atoms with Gasteiger partial charge in [-0.3, -0.25) is 4.98 Å². The summed E-state index contributed by atoms with van der Waals surface area (Å²) in [4.78, 5) is 6.49.